The lowest BCUT2D eigenvalue weighted by Gasteiger charge is -2.15. The van der Waals surface area contributed by atoms with Gasteiger partial charge in [0.15, 0.2) is 11.6 Å². The van der Waals surface area contributed by atoms with Gasteiger partial charge in [0.05, 0.1) is 10.5 Å². The first kappa shape index (κ1) is 21.5. The van der Waals surface area contributed by atoms with Gasteiger partial charge >= 0.3 is 0 Å². The van der Waals surface area contributed by atoms with E-state index in [-0.39, 0.29) is 10.6 Å². The number of anilines is 1. The quantitative estimate of drug-likeness (QED) is 0.604. The summed E-state index contributed by atoms with van der Waals surface area (Å²) in [5, 5.41) is 2.21. The number of hydrogen-bond donors (Lipinski definition) is 2. The number of nitrogens with one attached hydrogen (secondary N) is 2. The molecule has 3 aromatic carbocycles. The minimum atomic E-state index is -4.07. The molecule has 0 saturated heterocycles. The Labute approximate surface area is 171 Å². The average molecular weight is 434 g/mol. The highest BCUT2D eigenvalue weighted by molar-refractivity contribution is 7.89. The van der Waals surface area contributed by atoms with Crippen molar-refractivity contribution in [3.05, 3.63) is 95.3 Å². The molecule has 0 bridgehead atoms. The Hall–Kier alpha value is -3.17. The normalized spacial score (nSPS) is 12.4. The van der Waals surface area contributed by atoms with Crippen LogP contribution >= 0.6 is 0 Å². The molecule has 9 heteroatoms. The predicted molar refractivity (Wildman–Crippen MR) is 106 cm³/mol. The number of carbonyl (C=O) groups excluding carboxylic acids is 1. The van der Waals surface area contributed by atoms with Crippen LogP contribution in [-0.2, 0) is 10.0 Å². The van der Waals surface area contributed by atoms with E-state index in [1.54, 1.807) is 37.3 Å². The molecule has 1 atom stereocenters. The van der Waals surface area contributed by atoms with Crippen molar-refractivity contribution in [2.75, 3.05) is 5.32 Å². The lowest BCUT2D eigenvalue weighted by atomic mass is 10.1. The van der Waals surface area contributed by atoms with Crippen LogP contribution in [0.2, 0.25) is 0 Å². The Bertz CT molecular complexity index is 1190. The van der Waals surface area contributed by atoms with Gasteiger partial charge in [-0.3, -0.25) is 4.79 Å². The summed E-state index contributed by atoms with van der Waals surface area (Å²) in [6.07, 6.45) is 0. The maximum absolute atomic E-state index is 14.2. The van der Waals surface area contributed by atoms with Gasteiger partial charge in [-0.15, -0.1) is 0 Å². The molecule has 30 heavy (non-hydrogen) atoms. The van der Waals surface area contributed by atoms with Gasteiger partial charge in [0.1, 0.15) is 5.82 Å². The first-order valence-electron chi connectivity index (χ1n) is 8.80. The Morgan fingerprint density at radius 3 is 2.20 bits per heavy atom. The molecule has 2 N–H and O–H groups in total. The van der Waals surface area contributed by atoms with Crippen LogP contribution in [0.1, 0.15) is 28.9 Å². The van der Waals surface area contributed by atoms with E-state index in [2.05, 4.69) is 10.0 Å². The fraction of sp³-hybridized carbons (Fsp3) is 0.0952. The third-order valence-electron chi connectivity index (χ3n) is 4.30. The van der Waals surface area contributed by atoms with Crippen LogP contribution in [0.5, 0.6) is 0 Å². The van der Waals surface area contributed by atoms with Crippen molar-refractivity contribution in [1.82, 2.24) is 4.72 Å². The van der Waals surface area contributed by atoms with Crippen LogP contribution in [0.4, 0.5) is 18.9 Å². The Morgan fingerprint density at radius 1 is 0.867 bits per heavy atom. The largest absolute Gasteiger partial charge is 0.322 e. The molecule has 0 unspecified atom stereocenters. The van der Waals surface area contributed by atoms with Crippen molar-refractivity contribution in [3.8, 4) is 0 Å². The molecule has 0 fully saturated rings. The van der Waals surface area contributed by atoms with Crippen molar-refractivity contribution < 1.29 is 26.4 Å². The minimum absolute atomic E-state index is 0.109. The maximum atomic E-state index is 14.2. The van der Waals surface area contributed by atoms with E-state index in [0.717, 1.165) is 42.0 Å². The van der Waals surface area contributed by atoms with Gasteiger partial charge in [-0.2, -0.15) is 0 Å². The van der Waals surface area contributed by atoms with E-state index >= 15 is 0 Å². The van der Waals surface area contributed by atoms with E-state index in [9.17, 15) is 26.4 Å². The van der Waals surface area contributed by atoms with Gasteiger partial charge in [-0.05, 0) is 42.8 Å². The van der Waals surface area contributed by atoms with Gasteiger partial charge in [0.2, 0.25) is 10.0 Å². The van der Waals surface area contributed by atoms with Gasteiger partial charge < -0.3 is 5.32 Å². The lowest BCUT2D eigenvalue weighted by molar-refractivity contribution is 0.102. The molecule has 0 saturated carbocycles. The highest BCUT2D eigenvalue weighted by Gasteiger charge is 2.22. The number of hydrogen-bond acceptors (Lipinski definition) is 3. The molecule has 0 radical (unpaired) electrons. The SMILES string of the molecule is C[C@@H](NS(=O)(=O)c1ccc(F)c(C(=O)Nc2ccc(F)c(F)c2)c1)c1ccccc1. The minimum Gasteiger partial charge on any atom is -0.322 e. The molecular formula is C21H17F3N2O3S. The van der Waals surface area contributed by atoms with Crippen LogP contribution in [0.15, 0.2) is 71.6 Å². The summed E-state index contributed by atoms with van der Waals surface area (Å²) in [6.45, 7) is 1.65. The van der Waals surface area contributed by atoms with Crippen molar-refractivity contribution in [3.63, 3.8) is 0 Å². The number of halogens is 3. The van der Waals surface area contributed by atoms with Crippen LogP contribution < -0.4 is 10.0 Å². The van der Waals surface area contributed by atoms with Gasteiger partial charge in [0.25, 0.3) is 5.91 Å². The standard InChI is InChI=1S/C21H17F3N2O3S/c1-13(14-5-3-2-4-6-14)26-30(28,29)16-8-10-18(22)17(12-16)21(27)25-15-7-9-19(23)20(24)11-15/h2-13,26H,1H3,(H,25,27)/t13-/m1/s1. The van der Waals surface area contributed by atoms with E-state index in [1.807, 2.05) is 0 Å². The van der Waals surface area contributed by atoms with Crippen LogP contribution in [-0.4, -0.2) is 14.3 Å². The molecule has 0 heterocycles. The van der Waals surface area contributed by atoms with Crippen molar-refractivity contribution in [2.24, 2.45) is 0 Å². The Kier molecular flexibility index (Phi) is 6.23. The first-order chi connectivity index (χ1) is 14.2. The first-order valence-corrected chi connectivity index (χ1v) is 10.3. The molecule has 0 aliphatic carbocycles. The van der Waals surface area contributed by atoms with Crippen LogP contribution in [0, 0.1) is 17.5 Å². The zero-order chi connectivity index (χ0) is 21.9. The van der Waals surface area contributed by atoms with E-state index in [4.69, 9.17) is 0 Å². The molecule has 0 aliphatic rings. The summed E-state index contributed by atoms with van der Waals surface area (Å²) in [7, 11) is -4.07. The van der Waals surface area contributed by atoms with Crippen LogP contribution in [0.25, 0.3) is 0 Å². The number of rotatable bonds is 6. The molecule has 0 spiro atoms. The summed E-state index contributed by atoms with van der Waals surface area (Å²) < 4.78 is 68.3. The molecule has 3 aromatic rings. The number of amides is 1. The van der Waals surface area contributed by atoms with Crippen LogP contribution in [0.3, 0.4) is 0 Å². The third-order valence-corrected chi connectivity index (χ3v) is 5.84. The fourth-order valence-corrected chi connectivity index (χ4v) is 3.99. The van der Waals surface area contributed by atoms with Crippen molar-refractivity contribution >= 4 is 21.6 Å². The highest BCUT2D eigenvalue weighted by Crippen LogP contribution is 2.21. The zero-order valence-corrected chi connectivity index (χ0v) is 16.5. The summed E-state index contributed by atoms with van der Waals surface area (Å²) in [5.41, 5.74) is 0.0526. The molecule has 5 nitrogen and oxygen atoms in total. The number of carbonyl (C=O) groups is 1. The topological polar surface area (TPSA) is 75.3 Å². The van der Waals surface area contributed by atoms with Crippen molar-refractivity contribution in [2.45, 2.75) is 17.9 Å². The monoisotopic (exact) mass is 434 g/mol. The van der Waals surface area contributed by atoms with E-state index in [1.165, 1.54) is 0 Å². The van der Waals surface area contributed by atoms with Gasteiger partial charge in [-0.1, -0.05) is 30.3 Å². The van der Waals surface area contributed by atoms with Crippen molar-refractivity contribution in [1.29, 1.82) is 0 Å². The summed E-state index contributed by atoms with van der Waals surface area (Å²) in [6, 6.07) is 13.6. The Morgan fingerprint density at radius 2 is 1.53 bits per heavy atom. The summed E-state index contributed by atoms with van der Waals surface area (Å²) in [4.78, 5) is 12.1. The second-order valence-electron chi connectivity index (χ2n) is 6.48. The smallest absolute Gasteiger partial charge is 0.258 e. The second kappa shape index (κ2) is 8.68. The molecule has 0 aromatic heterocycles. The maximum Gasteiger partial charge on any atom is 0.258 e. The Balaban J connectivity index is 1.84. The fourth-order valence-electron chi connectivity index (χ4n) is 2.73. The lowest BCUT2D eigenvalue weighted by Crippen LogP contribution is -2.27. The molecule has 3 rings (SSSR count). The van der Waals surface area contributed by atoms with E-state index < -0.39 is 45.0 Å². The van der Waals surface area contributed by atoms with Gasteiger partial charge in [0, 0.05) is 17.8 Å². The molecule has 156 valence electrons. The van der Waals surface area contributed by atoms with Gasteiger partial charge in [-0.25, -0.2) is 26.3 Å². The third kappa shape index (κ3) is 4.87. The summed E-state index contributed by atoms with van der Waals surface area (Å²) >= 11 is 0. The zero-order valence-electron chi connectivity index (χ0n) is 15.7. The highest BCUT2D eigenvalue weighted by atomic mass is 32.2. The predicted octanol–water partition coefficient (Wildman–Crippen LogP) is 4.40. The molecular weight excluding hydrogens is 417 g/mol. The number of sulfonamides is 1. The summed E-state index contributed by atoms with van der Waals surface area (Å²) in [5.74, 6) is -4.27. The number of benzene rings is 3. The molecule has 0 aliphatic heterocycles. The average Bonchev–Trinajstić information content (AvgIpc) is 2.71. The molecule has 1 amide bonds. The van der Waals surface area contributed by atoms with E-state index in [0.29, 0.717) is 0 Å². The second-order valence-corrected chi connectivity index (χ2v) is 8.19.